The van der Waals surface area contributed by atoms with Gasteiger partial charge in [-0.25, -0.2) is 0 Å². The van der Waals surface area contributed by atoms with E-state index < -0.39 is 0 Å². The van der Waals surface area contributed by atoms with Crippen molar-refractivity contribution in [1.82, 2.24) is 0 Å². The van der Waals surface area contributed by atoms with Crippen LogP contribution in [0.1, 0.15) is 6.92 Å². The molecular weight excluding hydrogens is 166 g/mol. The lowest BCUT2D eigenvalue weighted by Gasteiger charge is -2.25. The van der Waals surface area contributed by atoms with Gasteiger partial charge in [-0.2, -0.15) is 0 Å². The molecule has 1 unspecified atom stereocenters. The standard InChI is InChI=1S/C9H15N3O/c1-7(10)12(2)9-6-4-3-5-8(9)11-13/h3-7,11,13H,10H2,1-2H3. The van der Waals surface area contributed by atoms with E-state index in [1.165, 1.54) is 0 Å². The van der Waals surface area contributed by atoms with Gasteiger partial charge in [0.25, 0.3) is 0 Å². The lowest BCUT2D eigenvalue weighted by molar-refractivity contribution is 0.389. The molecule has 13 heavy (non-hydrogen) atoms. The van der Waals surface area contributed by atoms with Crippen LogP contribution in [-0.2, 0) is 0 Å². The number of rotatable bonds is 3. The van der Waals surface area contributed by atoms with Crippen molar-refractivity contribution in [1.29, 1.82) is 0 Å². The van der Waals surface area contributed by atoms with Crippen molar-refractivity contribution in [2.75, 3.05) is 17.4 Å². The van der Waals surface area contributed by atoms with Crippen LogP contribution in [0.2, 0.25) is 0 Å². The fourth-order valence-corrected chi connectivity index (χ4v) is 1.10. The van der Waals surface area contributed by atoms with Gasteiger partial charge in [-0.1, -0.05) is 12.1 Å². The van der Waals surface area contributed by atoms with Crippen molar-refractivity contribution >= 4 is 11.4 Å². The SMILES string of the molecule is CC(N)N(C)c1ccccc1NO. The van der Waals surface area contributed by atoms with E-state index in [1.807, 2.05) is 37.1 Å². The molecule has 0 saturated carbocycles. The van der Waals surface area contributed by atoms with Crippen LogP contribution in [0.25, 0.3) is 0 Å². The van der Waals surface area contributed by atoms with Gasteiger partial charge in [0.2, 0.25) is 0 Å². The van der Waals surface area contributed by atoms with Crippen LogP contribution in [0, 0.1) is 0 Å². The van der Waals surface area contributed by atoms with Gasteiger partial charge < -0.3 is 10.6 Å². The number of para-hydroxylation sites is 2. The number of hydrogen-bond donors (Lipinski definition) is 3. The second kappa shape index (κ2) is 4.11. The third kappa shape index (κ3) is 2.11. The summed E-state index contributed by atoms with van der Waals surface area (Å²) in [6.07, 6.45) is -0.0884. The molecule has 0 radical (unpaired) electrons. The highest BCUT2D eigenvalue weighted by molar-refractivity contribution is 5.68. The molecule has 0 spiro atoms. The number of nitrogens with zero attached hydrogens (tertiary/aromatic N) is 1. The molecular formula is C9H15N3O. The molecule has 0 bridgehead atoms. The minimum absolute atomic E-state index is 0.0884. The first kappa shape index (κ1) is 9.83. The number of nitrogens with two attached hydrogens (primary N) is 1. The lowest BCUT2D eigenvalue weighted by atomic mass is 10.2. The van der Waals surface area contributed by atoms with Gasteiger partial charge in [0.05, 0.1) is 17.5 Å². The molecule has 0 aliphatic rings. The van der Waals surface area contributed by atoms with Gasteiger partial charge in [-0.3, -0.25) is 10.7 Å². The lowest BCUT2D eigenvalue weighted by Crippen LogP contribution is -2.36. The van der Waals surface area contributed by atoms with Gasteiger partial charge in [0, 0.05) is 7.05 Å². The smallest absolute Gasteiger partial charge is 0.0835 e. The van der Waals surface area contributed by atoms with Gasteiger partial charge in [0.1, 0.15) is 0 Å². The average Bonchev–Trinajstić information content (AvgIpc) is 2.16. The Labute approximate surface area is 77.9 Å². The van der Waals surface area contributed by atoms with E-state index in [1.54, 1.807) is 6.07 Å². The topological polar surface area (TPSA) is 61.5 Å². The van der Waals surface area contributed by atoms with E-state index in [9.17, 15) is 0 Å². The molecule has 4 nitrogen and oxygen atoms in total. The molecule has 0 heterocycles. The predicted octanol–water partition coefficient (Wildman–Crippen LogP) is 1.23. The molecule has 1 rings (SSSR count). The fourth-order valence-electron chi connectivity index (χ4n) is 1.10. The van der Waals surface area contributed by atoms with Gasteiger partial charge in [0.15, 0.2) is 0 Å². The first-order valence-electron chi connectivity index (χ1n) is 4.14. The van der Waals surface area contributed by atoms with Crippen molar-refractivity contribution < 1.29 is 5.21 Å². The molecule has 4 N–H and O–H groups in total. The first-order valence-corrected chi connectivity index (χ1v) is 4.14. The molecule has 4 heteroatoms. The summed E-state index contributed by atoms with van der Waals surface area (Å²) in [6.45, 7) is 1.88. The van der Waals surface area contributed by atoms with Crippen LogP contribution >= 0.6 is 0 Å². The zero-order valence-corrected chi connectivity index (χ0v) is 7.86. The molecule has 1 atom stereocenters. The molecule has 0 amide bonds. The molecule has 0 aliphatic heterocycles. The predicted molar refractivity (Wildman–Crippen MR) is 53.9 cm³/mol. The zero-order chi connectivity index (χ0) is 9.84. The number of benzene rings is 1. The number of nitrogens with one attached hydrogen (secondary N) is 1. The minimum atomic E-state index is -0.0884. The molecule has 0 aromatic heterocycles. The van der Waals surface area contributed by atoms with E-state index in [4.69, 9.17) is 10.9 Å². The van der Waals surface area contributed by atoms with Crippen LogP contribution in [0.3, 0.4) is 0 Å². The Morgan fingerprint density at radius 2 is 2.08 bits per heavy atom. The Morgan fingerprint density at radius 1 is 1.46 bits per heavy atom. The van der Waals surface area contributed by atoms with Gasteiger partial charge >= 0.3 is 0 Å². The number of hydrogen-bond acceptors (Lipinski definition) is 4. The maximum absolute atomic E-state index is 8.83. The summed E-state index contributed by atoms with van der Waals surface area (Å²) in [5.74, 6) is 0. The Hall–Kier alpha value is -1.26. The summed E-state index contributed by atoms with van der Waals surface area (Å²) >= 11 is 0. The first-order chi connectivity index (χ1) is 6.16. The van der Waals surface area contributed by atoms with Gasteiger partial charge in [-0.05, 0) is 19.1 Å². The van der Waals surface area contributed by atoms with Crippen LogP contribution in [0.15, 0.2) is 24.3 Å². The van der Waals surface area contributed by atoms with Crippen LogP contribution in [0.4, 0.5) is 11.4 Å². The largest absolute Gasteiger partial charge is 0.358 e. The van der Waals surface area contributed by atoms with Crippen molar-refractivity contribution in [3.05, 3.63) is 24.3 Å². The summed E-state index contributed by atoms with van der Waals surface area (Å²) in [4.78, 5) is 1.87. The maximum atomic E-state index is 8.83. The van der Waals surface area contributed by atoms with E-state index in [-0.39, 0.29) is 6.17 Å². The van der Waals surface area contributed by atoms with Crippen molar-refractivity contribution in [3.63, 3.8) is 0 Å². The van der Waals surface area contributed by atoms with Crippen LogP contribution < -0.4 is 16.1 Å². The van der Waals surface area contributed by atoms with Crippen molar-refractivity contribution in [2.24, 2.45) is 5.73 Å². The summed E-state index contributed by atoms with van der Waals surface area (Å²) in [7, 11) is 1.88. The second-order valence-electron chi connectivity index (χ2n) is 2.98. The van der Waals surface area contributed by atoms with Crippen LogP contribution in [0.5, 0.6) is 0 Å². The molecule has 1 aromatic carbocycles. The van der Waals surface area contributed by atoms with E-state index >= 15 is 0 Å². The maximum Gasteiger partial charge on any atom is 0.0835 e. The number of anilines is 2. The molecule has 1 aromatic rings. The fraction of sp³-hybridized carbons (Fsp3) is 0.333. The Kier molecular flexibility index (Phi) is 3.11. The highest BCUT2D eigenvalue weighted by atomic mass is 16.5. The Balaban J connectivity index is 2.98. The van der Waals surface area contributed by atoms with Crippen molar-refractivity contribution in [3.8, 4) is 0 Å². The van der Waals surface area contributed by atoms with E-state index in [2.05, 4.69) is 5.48 Å². The van der Waals surface area contributed by atoms with E-state index in [0.29, 0.717) is 5.69 Å². The molecule has 0 saturated heterocycles. The summed E-state index contributed by atoms with van der Waals surface area (Å²) in [5, 5.41) is 8.83. The summed E-state index contributed by atoms with van der Waals surface area (Å²) in [6, 6.07) is 7.42. The third-order valence-corrected chi connectivity index (χ3v) is 2.02. The monoisotopic (exact) mass is 181 g/mol. The molecule has 0 fully saturated rings. The normalized spacial score (nSPS) is 12.3. The molecule has 0 aliphatic carbocycles. The highest BCUT2D eigenvalue weighted by Crippen LogP contribution is 2.24. The van der Waals surface area contributed by atoms with Gasteiger partial charge in [-0.15, -0.1) is 0 Å². The zero-order valence-electron chi connectivity index (χ0n) is 7.86. The highest BCUT2D eigenvalue weighted by Gasteiger charge is 2.08. The Bertz CT molecular complexity index is 275. The van der Waals surface area contributed by atoms with Crippen molar-refractivity contribution in [2.45, 2.75) is 13.1 Å². The second-order valence-corrected chi connectivity index (χ2v) is 2.98. The quantitative estimate of drug-likeness (QED) is 0.485. The Morgan fingerprint density at radius 3 is 2.62 bits per heavy atom. The van der Waals surface area contributed by atoms with Crippen LogP contribution in [-0.4, -0.2) is 18.4 Å². The third-order valence-electron chi connectivity index (χ3n) is 2.02. The summed E-state index contributed by atoms with van der Waals surface area (Å²) < 4.78 is 0. The molecule has 72 valence electrons. The average molecular weight is 181 g/mol. The van der Waals surface area contributed by atoms with E-state index in [0.717, 1.165) is 5.69 Å². The minimum Gasteiger partial charge on any atom is -0.358 e. The summed E-state index contributed by atoms with van der Waals surface area (Å²) in [5.41, 5.74) is 9.37.